The average Bonchev–Trinajstić information content (AvgIpc) is 2.63. The predicted octanol–water partition coefficient (Wildman–Crippen LogP) is 3.02. The zero-order chi connectivity index (χ0) is 9.80. The van der Waals surface area contributed by atoms with Gasteiger partial charge < -0.3 is 5.73 Å². The van der Waals surface area contributed by atoms with Gasteiger partial charge in [-0.25, -0.2) is 4.98 Å². The van der Waals surface area contributed by atoms with Gasteiger partial charge in [0.25, 0.3) is 0 Å². The van der Waals surface area contributed by atoms with Crippen LogP contribution in [0.1, 0.15) is 5.56 Å². The van der Waals surface area contributed by atoms with Gasteiger partial charge in [0.2, 0.25) is 0 Å². The minimum Gasteiger partial charge on any atom is -0.389 e. The molecule has 0 spiro atoms. The van der Waals surface area contributed by atoms with Crippen LogP contribution in [0.3, 0.4) is 0 Å². The molecule has 4 heteroatoms. The zero-order valence-electron chi connectivity index (χ0n) is 7.51. The third-order valence-corrected chi connectivity index (χ3v) is 3.76. The van der Waals surface area contributed by atoms with Crippen molar-refractivity contribution >= 4 is 28.1 Å². The van der Waals surface area contributed by atoms with Crippen molar-refractivity contribution in [2.24, 2.45) is 0 Å². The van der Waals surface area contributed by atoms with E-state index in [0.717, 1.165) is 15.1 Å². The van der Waals surface area contributed by atoms with Crippen LogP contribution in [0, 0.1) is 0 Å². The van der Waals surface area contributed by atoms with Gasteiger partial charge in [-0.05, 0) is 5.56 Å². The maximum absolute atomic E-state index is 5.59. The molecule has 2 rings (SSSR count). The monoisotopic (exact) mass is 222 g/mol. The largest absolute Gasteiger partial charge is 0.389 e. The van der Waals surface area contributed by atoms with Gasteiger partial charge in [-0.3, -0.25) is 0 Å². The van der Waals surface area contributed by atoms with Crippen LogP contribution >= 0.6 is 23.1 Å². The molecule has 0 radical (unpaired) electrons. The fraction of sp³-hybridized carbons (Fsp3) is 0.100. The highest BCUT2D eigenvalue weighted by Crippen LogP contribution is 2.28. The third kappa shape index (κ3) is 2.49. The van der Waals surface area contributed by atoms with Crippen molar-refractivity contribution < 1.29 is 0 Å². The lowest BCUT2D eigenvalue weighted by Gasteiger charge is -1.96. The van der Waals surface area contributed by atoms with Crippen LogP contribution in [0.5, 0.6) is 0 Å². The Balaban J connectivity index is 1.95. The SMILES string of the molecule is Nc1cnc(SCc2ccccc2)s1. The van der Waals surface area contributed by atoms with Gasteiger partial charge in [-0.1, -0.05) is 53.4 Å². The number of nitrogens with two attached hydrogens (primary N) is 1. The van der Waals surface area contributed by atoms with E-state index < -0.39 is 0 Å². The van der Waals surface area contributed by atoms with E-state index in [1.165, 1.54) is 16.9 Å². The number of aromatic nitrogens is 1. The molecule has 1 aromatic carbocycles. The lowest BCUT2D eigenvalue weighted by atomic mass is 10.2. The summed E-state index contributed by atoms with van der Waals surface area (Å²) in [6.07, 6.45) is 1.71. The first kappa shape index (κ1) is 9.55. The molecular weight excluding hydrogens is 212 g/mol. The Morgan fingerprint density at radius 1 is 1.29 bits per heavy atom. The molecule has 14 heavy (non-hydrogen) atoms. The summed E-state index contributed by atoms with van der Waals surface area (Å²) in [7, 11) is 0. The Morgan fingerprint density at radius 3 is 2.71 bits per heavy atom. The Labute approximate surface area is 91.2 Å². The molecule has 2 N–H and O–H groups in total. The summed E-state index contributed by atoms with van der Waals surface area (Å²) in [5.41, 5.74) is 6.90. The molecular formula is C10H10N2S2. The molecule has 0 atom stereocenters. The van der Waals surface area contributed by atoms with Crippen molar-refractivity contribution in [2.75, 3.05) is 5.73 Å². The molecule has 0 amide bonds. The van der Waals surface area contributed by atoms with Crippen LogP contribution in [0.25, 0.3) is 0 Å². The van der Waals surface area contributed by atoms with E-state index >= 15 is 0 Å². The average molecular weight is 222 g/mol. The molecule has 2 aromatic rings. The number of thioether (sulfide) groups is 1. The quantitative estimate of drug-likeness (QED) is 0.811. The summed E-state index contributed by atoms with van der Waals surface area (Å²) in [6, 6.07) is 10.3. The molecule has 0 fully saturated rings. The third-order valence-electron chi connectivity index (χ3n) is 1.71. The number of thiazole rings is 1. The highest BCUT2D eigenvalue weighted by Gasteiger charge is 1.99. The first-order chi connectivity index (χ1) is 6.84. The lowest BCUT2D eigenvalue weighted by molar-refractivity contribution is 1.24. The lowest BCUT2D eigenvalue weighted by Crippen LogP contribution is -1.77. The number of nitrogens with zero attached hydrogens (tertiary/aromatic N) is 1. The number of anilines is 1. The summed E-state index contributed by atoms with van der Waals surface area (Å²) in [4.78, 5) is 4.19. The fourth-order valence-electron chi connectivity index (χ4n) is 1.06. The molecule has 0 aliphatic rings. The summed E-state index contributed by atoms with van der Waals surface area (Å²) >= 11 is 3.26. The molecule has 0 unspecified atom stereocenters. The van der Waals surface area contributed by atoms with E-state index in [1.54, 1.807) is 18.0 Å². The van der Waals surface area contributed by atoms with E-state index in [2.05, 4.69) is 17.1 Å². The van der Waals surface area contributed by atoms with Gasteiger partial charge in [-0.15, -0.1) is 0 Å². The molecule has 0 bridgehead atoms. The number of hydrogen-bond acceptors (Lipinski definition) is 4. The standard InChI is InChI=1S/C10H10N2S2/c11-9-6-12-10(14-9)13-7-8-4-2-1-3-5-8/h1-6H,7,11H2. The van der Waals surface area contributed by atoms with Crippen LogP contribution in [0.2, 0.25) is 0 Å². The van der Waals surface area contributed by atoms with Gasteiger partial charge in [0.05, 0.1) is 6.20 Å². The van der Waals surface area contributed by atoms with Gasteiger partial charge in [0, 0.05) is 5.75 Å². The van der Waals surface area contributed by atoms with E-state index in [9.17, 15) is 0 Å². The fourth-order valence-corrected chi connectivity index (χ4v) is 2.78. The van der Waals surface area contributed by atoms with Crippen molar-refractivity contribution in [1.82, 2.24) is 4.98 Å². The van der Waals surface area contributed by atoms with Crippen LogP contribution in [0.4, 0.5) is 5.00 Å². The molecule has 1 aromatic heterocycles. The number of nitrogen functional groups attached to an aromatic ring is 1. The van der Waals surface area contributed by atoms with Gasteiger partial charge in [0.15, 0.2) is 4.34 Å². The van der Waals surface area contributed by atoms with Gasteiger partial charge in [-0.2, -0.15) is 0 Å². The first-order valence-electron chi connectivity index (χ1n) is 4.22. The Bertz CT molecular complexity index is 398. The summed E-state index contributed by atoms with van der Waals surface area (Å²) in [6.45, 7) is 0. The maximum atomic E-state index is 5.59. The van der Waals surface area contributed by atoms with Crippen LogP contribution in [0.15, 0.2) is 40.9 Å². The molecule has 0 aliphatic carbocycles. The topological polar surface area (TPSA) is 38.9 Å². The van der Waals surface area contributed by atoms with Crippen LogP contribution in [-0.2, 0) is 5.75 Å². The highest BCUT2D eigenvalue weighted by molar-refractivity contribution is 8.00. The zero-order valence-corrected chi connectivity index (χ0v) is 9.15. The summed E-state index contributed by atoms with van der Waals surface area (Å²) in [5, 5.41) is 0.778. The second-order valence-electron chi connectivity index (χ2n) is 2.80. The normalized spacial score (nSPS) is 10.3. The molecule has 0 aliphatic heterocycles. The second-order valence-corrected chi connectivity index (χ2v) is 5.09. The van der Waals surface area contributed by atoms with Crippen LogP contribution < -0.4 is 5.73 Å². The van der Waals surface area contributed by atoms with E-state index in [1.807, 2.05) is 18.2 Å². The Hall–Kier alpha value is -1.00. The molecule has 72 valence electrons. The maximum Gasteiger partial charge on any atom is 0.152 e. The smallest absolute Gasteiger partial charge is 0.152 e. The molecule has 0 saturated carbocycles. The van der Waals surface area contributed by atoms with Crippen molar-refractivity contribution in [1.29, 1.82) is 0 Å². The van der Waals surface area contributed by atoms with Crippen molar-refractivity contribution in [3.05, 3.63) is 42.1 Å². The Kier molecular flexibility index (Phi) is 3.06. The van der Waals surface area contributed by atoms with Crippen molar-refractivity contribution in [2.45, 2.75) is 10.1 Å². The highest BCUT2D eigenvalue weighted by atomic mass is 32.2. The number of benzene rings is 1. The van der Waals surface area contributed by atoms with Crippen molar-refractivity contribution in [3.63, 3.8) is 0 Å². The second kappa shape index (κ2) is 4.48. The summed E-state index contributed by atoms with van der Waals surface area (Å²) in [5.74, 6) is 0.952. The van der Waals surface area contributed by atoms with E-state index in [0.29, 0.717) is 0 Å². The number of hydrogen-bond donors (Lipinski definition) is 1. The van der Waals surface area contributed by atoms with Gasteiger partial charge >= 0.3 is 0 Å². The minimum absolute atomic E-state index is 0.778. The number of rotatable bonds is 3. The molecule has 2 nitrogen and oxygen atoms in total. The Morgan fingerprint density at radius 2 is 2.07 bits per heavy atom. The predicted molar refractivity (Wildman–Crippen MR) is 62.5 cm³/mol. The van der Waals surface area contributed by atoms with Crippen molar-refractivity contribution in [3.8, 4) is 0 Å². The minimum atomic E-state index is 0.778. The van der Waals surface area contributed by atoms with E-state index in [4.69, 9.17) is 5.73 Å². The summed E-state index contributed by atoms with van der Waals surface area (Å²) < 4.78 is 1.03. The van der Waals surface area contributed by atoms with Crippen LogP contribution in [-0.4, -0.2) is 4.98 Å². The molecule has 1 heterocycles. The first-order valence-corrected chi connectivity index (χ1v) is 6.03. The molecule has 0 saturated heterocycles. The van der Waals surface area contributed by atoms with E-state index in [-0.39, 0.29) is 0 Å². The van der Waals surface area contributed by atoms with Gasteiger partial charge in [0.1, 0.15) is 5.00 Å².